The first-order valence-corrected chi connectivity index (χ1v) is 35.7. The van der Waals surface area contributed by atoms with Crippen LogP contribution in [0.5, 0.6) is 0 Å². The molecule has 0 rings (SSSR count). The van der Waals surface area contributed by atoms with Crippen LogP contribution >= 0.6 is 0 Å². The third-order valence-electron chi connectivity index (χ3n) is 15.4. The van der Waals surface area contributed by atoms with Crippen LogP contribution in [-0.2, 0) is 19.1 Å². The van der Waals surface area contributed by atoms with Crippen molar-refractivity contribution in [2.45, 2.75) is 341 Å². The van der Waals surface area contributed by atoms with Gasteiger partial charge in [-0.25, -0.2) is 0 Å². The van der Waals surface area contributed by atoms with Gasteiger partial charge in [-0.1, -0.05) is 347 Å². The van der Waals surface area contributed by atoms with E-state index >= 15 is 0 Å². The highest BCUT2D eigenvalue weighted by atomic mass is 16.6. The lowest BCUT2D eigenvalue weighted by Crippen LogP contribution is -2.28. The molecule has 1 N–H and O–H groups in total. The Hall–Kier alpha value is -3.96. The molecule has 1 unspecified atom stereocenters. The Morgan fingerprint density at radius 2 is 0.476 bits per heavy atom. The van der Waals surface area contributed by atoms with Crippen LogP contribution < -0.4 is 0 Å². The highest BCUT2D eigenvalue weighted by Gasteiger charge is 2.16. The van der Waals surface area contributed by atoms with Crippen molar-refractivity contribution in [2.24, 2.45) is 0 Å². The van der Waals surface area contributed by atoms with Gasteiger partial charge in [-0.05, 0) is 109 Å². The summed E-state index contributed by atoms with van der Waals surface area (Å²) < 4.78 is 10.8. The molecule has 0 bridgehead atoms. The van der Waals surface area contributed by atoms with Crippen molar-refractivity contribution < 1.29 is 24.2 Å². The lowest BCUT2D eigenvalue weighted by Gasteiger charge is -2.15. The second-order valence-corrected chi connectivity index (χ2v) is 23.6. The average Bonchev–Trinajstić information content (AvgIpc) is 3.51. The minimum Gasteiger partial charge on any atom is -0.462 e. The topological polar surface area (TPSA) is 72.8 Å². The van der Waals surface area contributed by atoms with E-state index in [0.717, 1.165) is 116 Å². The molecule has 0 saturated heterocycles. The molecule has 0 fully saturated rings. The van der Waals surface area contributed by atoms with E-state index in [0.29, 0.717) is 12.8 Å². The van der Waals surface area contributed by atoms with Crippen LogP contribution in [0.3, 0.4) is 0 Å². The van der Waals surface area contributed by atoms with Gasteiger partial charge in [0.1, 0.15) is 6.61 Å². The maximum absolute atomic E-state index is 12.4. The number of esters is 2. The van der Waals surface area contributed by atoms with Crippen LogP contribution in [0.2, 0.25) is 0 Å². The summed E-state index contributed by atoms with van der Waals surface area (Å²) in [6, 6.07) is 0. The summed E-state index contributed by atoms with van der Waals surface area (Å²) in [6.45, 7) is 3.93. The first kappa shape index (κ1) is 80.0. The fourth-order valence-corrected chi connectivity index (χ4v) is 10.2. The Labute approximate surface area is 521 Å². The van der Waals surface area contributed by atoms with E-state index in [4.69, 9.17) is 9.47 Å². The number of allylic oxidation sites excluding steroid dienone is 22. The van der Waals surface area contributed by atoms with E-state index in [2.05, 4.69) is 148 Å². The van der Waals surface area contributed by atoms with Gasteiger partial charge in [-0.3, -0.25) is 9.59 Å². The monoisotopic (exact) mass is 1160 g/mol. The lowest BCUT2D eigenvalue weighted by atomic mass is 10.0. The first-order valence-electron chi connectivity index (χ1n) is 35.7. The smallest absolute Gasteiger partial charge is 0.306 e. The molecule has 84 heavy (non-hydrogen) atoms. The fraction of sp³-hybridized carbons (Fsp3) is 0.696. The number of ether oxygens (including phenoxy) is 2. The molecule has 0 aromatic carbocycles. The van der Waals surface area contributed by atoms with Crippen molar-refractivity contribution in [3.63, 3.8) is 0 Å². The number of carbonyl (C=O) groups excluding carboxylic acids is 2. The number of aliphatic hydroxyl groups excluding tert-OH is 1. The van der Waals surface area contributed by atoms with Crippen LogP contribution in [0.1, 0.15) is 335 Å². The summed E-state index contributed by atoms with van der Waals surface area (Å²) in [4.78, 5) is 24.7. The highest BCUT2D eigenvalue weighted by molar-refractivity contribution is 5.70. The molecule has 0 aromatic rings. The Kier molecular flexibility index (Phi) is 69.8. The molecule has 0 aliphatic rings. The van der Waals surface area contributed by atoms with Gasteiger partial charge in [0.05, 0.1) is 6.61 Å². The number of hydrogen-bond acceptors (Lipinski definition) is 5. The van der Waals surface area contributed by atoms with E-state index in [1.807, 2.05) is 0 Å². The second kappa shape index (κ2) is 73.3. The van der Waals surface area contributed by atoms with Crippen LogP contribution in [0, 0.1) is 0 Å². The maximum atomic E-state index is 12.4. The Morgan fingerprint density at radius 3 is 0.714 bits per heavy atom. The predicted molar refractivity (Wildman–Crippen MR) is 371 cm³/mol. The minimum atomic E-state index is -0.786. The summed E-state index contributed by atoms with van der Waals surface area (Å²) in [5.41, 5.74) is 0. The molecule has 480 valence electrons. The van der Waals surface area contributed by atoms with Crippen molar-refractivity contribution >= 4 is 11.9 Å². The van der Waals surface area contributed by atoms with E-state index in [1.54, 1.807) is 0 Å². The van der Waals surface area contributed by atoms with Gasteiger partial charge in [0, 0.05) is 12.8 Å². The molecule has 0 aromatic heterocycles. The van der Waals surface area contributed by atoms with Crippen molar-refractivity contribution in [3.05, 3.63) is 134 Å². The lowest BCUT2D eigenvalue weighted by molar-refractivity contribution is -0.161. The van der Waals surface area contributed by atoms with E-state index in [1.165, 1.54) is 193 Å². The molecule has 5 heteroatoms. The van der Waals surface area contributed by atoms with E-state index < -0.39 is 6.10 Å². The summed E-state index contributed by atoms with van der Waals surface area (Å²) >= 11 is 0. The van der Waals surface area contributed by atoms with Gasteiger partial charge in [0.2, 0.25) is 0 Å². The summed E-state index contributed by atoms with van der Waals surface area (Å²) in [5, 5.41) is 9.70. The maximum Gasteiger partial charge on any atom is 0.306 e. The molecule has 1 atom stereocenters. The Balaban J connectivity index is 3.45. The van der Waals surface area contributed by atoms with Gasteiger partial charge in [-0.15, -0.1) is 0 Å². The fourth-order valence-electron chi connectivity index (χ4n) is 10.2. The number of carbonyl (C=O) groups is 2. The Morgan fingerprint density at radius 1 is 0.274 bits per heavy atom. The molecule has 0 saturated carbocycles. The van der Waals surface area contributed by atoms with Crippen LogP contribution in [-0.4, -0.2) is 36.4 Å². The third-order valence-corrected chi connectivity index (χ3v) is 15.4. The zero-order chi connectivity index (χ0) is 60.5. The number of unbranched alkanes of at least 4 members (excludes halogenated alkanes) is 35. The molecule has 0 radical (unpaired) electrons. The third kappa shape index (κ3) is 70.5. The van der Waals surface area contributed by atoms with Crippen molar-refractivity contribution in [3.8, 4) is 0 Å². The van der Waals surface area contributed by atoms with E-state index in [-0.39, 0.29) is 25.2 Å². The quantitative estimate of drug-likeness (QED) is 0.0373. The number of aliphatic hydroxyl groups is 1. The van der Waals surface area contributed by atoms with Crippen molar-refractivity contribution in [2.75, 3.05) is 13.2 Å². The van der Waals surface area contributed by atoms with Gasteiger partial charge < -0.3 is 14.6 Å². The van der Waals surface area contributed by atoms with Crippen molar-refractivity contribution in [1.82, 2.24) is 0 Å². The summed E-state index contributed by atoms with van der Waals surface area (Å²) in [5.74, 6) is -0.597. The molecule has 0 amide bonds. The normalized spacial score (nSPS) is 13.0. The van der Waals surface area contributed by atoms with Gasteiger partial charge >= 0.3 is 11.9 Å². The minimum absolute atomic E-state index is 0.0736. The average molecular weight is 1160 g/mol. The van der Waals surface area contributed by atoms with Crippen LogP contribution in [0.25, 0.3) is 0 Å². The number of hydrogen-bond donors (Lipinski definition) is 1. The van der Waals surface area contributed by atoms with Crippen LogP contribution in [0.4, 0.5) is 0 Å². The van der Waals surface area contributed by atoms with Gasteiger partial charge in [-0.2, -0.15) is 0 Å². The highest BCUT2D eigenvalue weighted by Crippen LogP contribution is 2.18. The zero-order valence-corrected chi connectivity index (χ0v) is 55.1. The Bertz CT molecular complexity index is 1700. The molecule has 0 aliphatic carbocycles. The summed E-state index contributed by atoms with van der Waals surface area (Å²) in [6.07, 6.45) is 109. The standard InChI is InChI=1S/C79H134O5/c1-3-5-7-9-11-13-15-17-19-21-23-25-27-29-31-33-34-35-36-37-38-39-40-41-42-43-44-46-47-49-51-53-55-57-59-61-63-65-67-69-71-73-78(81)83-76-77(75-80)84-79(82)74-72-70-68-66-64-62-60-58-56-54-52-50-48-45-32-30-28-26-24-22-20-18-16-14-12-10-8-6-4-2/h5-8,11-14,17-20,23-26,30,32,48,50,54,56,77,80H,3-4,9-10,15-16,21-22,27-29,31,33-47,49,51-53,55,57-76H2,1-2H3/b7-5-,8-6-,13-11-,14-12-,19-17-,20-18-,25-23-,26-24-,32-30-,50-48-,56-54-. The SMILES string of the molecule is CC/C=C\C/C=C\C/C=C\C/C=C\C/C=C\C/C=C\C/C=C\CCCCCCCCCC(=O)OC(CO)COC(=O)CCCCCCCCCCCCCCCCCCCCCCCCCCCCCC/C=C\C/C=C\C/C=C\C/C=C\CC. The van der Waals surface area contributed by atoms with Gasteiger partial charge in [0.15, 0.2) is 6.10 Å². The molecule has 0 heterocycles. The molecular formula is C79H134O5. The molecule has 0 aliphatic heterocycles. The zero-order valence-electron chi connectivity index (χ0n) is 55.1. The summed E-state index contributed by atoms with van der Waals surface area (Å²) in [7, 11) is 0. The largest absolute Gasteiger partial charge is 0.462 e. The number of rotatable bonds is 65. The second-order valence-electron chi connectivity index (χ2n) is 23.6. The predicted octanol–water partition coefficient (Wildman–Crippen LogP) is 25.1. The van der Waals surface area contributed by atoms with E-state index in [9.17, 15) is 14.7 Å². The van der Waals surface area contributed by atoms with Crippen molar-refractivity contribution in [1.29, 1.82) is 0 Å². The molecule has 5 nitrogen and oxygen atoms in total. The first-order chi connectivity index (χ1) is 41.6. The molecule has 0 spiro atoms. The van der Waals surface area contributed by atoms with Crippen LogP contribution in [0.15, 0.2) is 134 Å². The molecular weight excluding hydrogens is 1030 g/mol. The van der Waals surface area contributed by atoms with Gasteiger partial charge in [0.25, 0.3) is 0 Å².